The molecule has 338 valence electrons. The first-order chi connectivity index (χ1) is 30.2. The number of rotatable bonds is 37. The summed E-state index contributed by atoms with van der Waals surface area (Å²) in [4.78, 5) is 23.9. The van der Waals surface area contributed by atoms with Crippen LogP contribution < -0.4 is 10.6 Å². The van der Waals surface area contributed by atoms with Crippen LogP contribution in [0.25, 0.3) is 11.1 Å². The molecule has 0 bridgehead atoms. The number of alkyl carbamates (subject to hydrolysis) is 2. The van der Waals surface area contributed by atoms with Gasteiger partial charge in [0.05, 0.1) is 132 Å². The Balaban J connectivity index is 0.769. The molecule has 0 heterocycles. The zero-order valence-electron chi connectivity index (χ0n) is 35.3. The lowest BCUT2D eigenvalue weighted by atomic mass is 9.98. The molecule has 61 heavy (non-hydrogen) atoms. The van der Waals surface area contributed by atoms with Gasteiger partial charge in [0.2, 0.25) is 0 Å². The van der Waals surface area contributed by atoms with Gasteiger partial charge in [0.25, 0.3) is 0 Å². The summed E-state index contributed by atoms with van der Waals surface area (Å²) in [5, 5.41) is 5.39. The normalized spacial score (nSPS) is 11.9. The van der Waals surface area contributed by atoms with E-state index in [0.29, 0.717) is 145 Å². The fraction of sp³-hybridized carbons (Fsp3) is 0.556. The third-order valence-corrected chi connectivity index (χ3v) is 8.94. The lowest BCUT2D eigenvalue weighted by molar-refractivity contribution is -0.0263. The van der Waals surface area contributed by atoms with Gasteiger partial charge in [-0.25, -0.2) is 9.59 Å². The number of nitrogens with one attached hydrogen (secondary N) is 2. The minimum Gasteiger partial charge on any atom is -0.449 e. The van der Waals surface area contributed by atoms with Crippen molar-refractivity contribution in [1.82, 2.24) is 10.6 Å². The van der Waals surface area contributed by atoms with Gasteiger partial charge in [-0.2, -0.15) is 0 Å². The number of benzene rings is 3. The summed E-state index contributed by atoms with van der Waals surface area (Å²) < 4.78 is 65.6. The Morgan fingerprint density at radius 2 is 0.689 bits per heavy atom. The molecule has 3 aromatic carbocycles. The summed E-state index contributed by atoms with van der Waals surface area (Å²) in [5.41, 5.74) is 5.69. The highest BCUT2D eigenvalue weighted by atomic mass is 16.6. The maximum atomic E-state index is 12.3. The van der Waals surface area contributed by atoms with E-state index >= 15 is 0 Å². The van der Waals surface area contributed by atoms with E-state index < -0.39 is 12.2 Å². The van der Waals surface area contributed by atoms with E-state index in [1.165, 1.54) is 22.3 Å². The van der Waals surface area contributed by atoms with Crippen molar-refractivity contribution in [3.05, 3.63) is 95.6 Å². The lowest BCUT2D eigenvalue weighted by Crippen LogP contribution is -2.29. The van der Waals surface area contributed by atoms with Crippen molar-refractivity contribution in [2.75, 3.05) is 152 Å². The topological polar surface area (TPSA) is 169 Å². The largest absolute Gasteiger partial charge is 0.449 e. The molecular weight excluding hydrogens is 792 g/mol. The van der Waals surface area contributed by atoms with Crippen molar-refractivity contribution in [2.24, 2.45) is 0 Å². The molecule has 0 spiro atoms. The predicted octanol–water partition coefficient (Wildman–Crippen LogP) is 4.62. The van der Waals surface area contributed by atoms with Crippen LogP contribution in [0.1, 0.15) is 22.6 Å². The average Bonchev–Trinajstić information content (AvgIpc) is 3.61. The molecule has 0 fully saturated rings. The van der Waals surface area contributed by atoms with Crippen LogP contribution in [-0.2, 0) is 63.4 Å². The quantitative estimate of drug-likeness (QED) is 0.0771. The van der Waals surface area contributed by atoms with Crippen molar-refractivity contribution in [3.8, 4) is 11.1 Å². The van der Waals surface area contributed by atoms with Crippen LogP contribution in [0.15, 0.2) is 78.9 Å². The summed E-state index contributed by atoms with van der Waals surface area (Å²) in [6.07, 6.45) is -0.931. The fourth-order valence-electron chi connectivity index (χ4n) is 5.96. The van der Waals surface area contributed by atoms with Crippen LogP contribution in [0.2, 0.25) is 0 Å². The minimum absolute atomic E-state index is 0.0315. The highest BCUT2D eigenvalue weighted by Gasteiger charge is 2.29. The van der Waals surface area contributed by atoms with Crippen LogP contribution in [-0.4, -0.2) is 164 Å². The fourth-order valence-corrected chi connectivity index (χ4v) is 5.96. The molecule has 0 aromatic heterocycles. The van der Waals surface area contributed by atoms with Crippen LogP contribution in [0.3, 0.4) is 0 Å². The van der Waals surface area contributed by atoms with Crippen molar-refractivity contribution in [3.63, 3.8) is 0 Å². The van der Waals surface area contributed by atoms with Crippen LogP contribution in [0.5, 0.6) is 0 Å². The molecule has 0 aliphatic heterocycles. The Hall–Kier alpha value is -4.20. The van der Waals surface area contributed by atoms with Gasteiger partial charge in [-0.3, -0.25) is 0 Å². The van der Waals surface area contributed by atoms with Gasteiger partial charge >= 0.3 is 12.2 Å². The van der Waals surface area contributed by atoms with Crippen molar-refractivity contribution < 1.29 is 66.4 Å². The van der Waals surface area contributed by atoms with Crippen LogP contribution >= 0.6 is 0 Å². The molecule has 0 radical (unpaired) electrons. The first-order valence-corrected chi connectivity index (χ1v) is 21.0. The number of fused-ring (bicyclic) bond motifs is 3. The second kappa shape index (κ2) is 33.4. The predicted molar refractivity (Wildman–Crippen MR) is 226 cm³/mol. The summed E-state index contributed by atoms with van der Waals surface area (Å²) in [7, 11) is 0. The Kier molecular flexibility index (Phi) is 27.1. The van der Waals surface area contributed by atoms with E-state index in [1.54, 1.807) is 0 Å². The van der Waals surface area contributed by atoms with E-state index in [2.05, 4.69) is 34.9 Å². The lowest BCUT2D eigenvalue weighted by Gasteiger charge is -2.14. The molecule has 0 saturated carbocycles. The first-order valence-electron chi connectivity index (χ1n) is 21.0. The van der Waals surface area contributed by atoms with Gasteiger partial charge in [-0.05, 0) is 27.8 Å². The van der Waals surface area contributed by atoms with Gasteiger partial charge in [0, 0.05) is 19.0 Å². The number of carbonyl (C=O) groups is 2. The third-order valence-electron chi connectivity index (χ3n) is 8.94. The van der Waals surface area contributed by atoms with Gasteiger partial charge in [0.15, 0.2) is 0 Å². The average molecular weight is 857 g/mol. The molecule has 4 rings (SSSR count). The highest BCUT2D eigenvalue weighted by Crippen LogP contribution is 2.44. The van der Waals surface area contributed by atoms with Crippen LogP contribution in [0.4, 0.5) is 9.59 Å². The number of hydrogen-bond acceptors (Lipinski definition) is 14. The molecule has 16 nitrogen and oxygen atoms in total. The van der Waals surface area contributed by atoms with E-state index in [4.69, 9.17) is 56.8 Å². The number of ether oxygens (including phenoxy) is 12. The standard InChI is InChI=1S/C45H64N2O14/c48-44(60-36-38-8-2-1-3-9-38)46-14-16-50-18-20-52-22-24-54-26-28-56-30-32-58-34-35-59-33-31-57-29-27-55-25-23-53-21-19-51-17-15-47-45(49)61-37-43-41-12-6-4-10-39(41)40-11-5-7-13-42(40)43/h1-13,43H,14-37H2,(H,46,48)(H,47,49). The molecule has 0 unspecified atom stereocenters. The molecule has 3 aromatic rings. The van der Waals surface area contributed by atoms with Crippen molar-refractivity contribution >= 4 is 12.2 Å². The number of hydrogen-bond donors (Lipinski definition) is 2. The van der Waals surface area contributed by atoms with Crippen molar-refractivity contribution in [2.45, 2.75) is 12.5 Å². The summed E-state index contributed by atoms with van der Waals surface area (Å²) in [6, 6.07) is 26.0. The van der Waals surface area contributed by atoms with Gasteiger partial charge in [0.1, 0.15) is 13.2 Å². The second-order valence-corrected chi connectivity index (χ2v) is 13.4. The zero-order chi connectivity index (χ0) is 42.7. The maximum absolute atomic E-state index is 12.3. The Bertz CT molecular complexity index is 1520. The number of amides is 2. The van der Waals surface area contributed by atoms with E-state index in [0.717, 1.165) is 5.56 Å². The van der Waals surface area contributed by atoms with E-state index in [9.17, 15) is 9.59 Å². The van der Waals surface area contributed by atoms with E-state index in [1.807, 2.05) is 54.6 Å². The Morgan fingerprint density at radius 3 is 1.07 bits per heavy atom. The summed E-state index contributed by atoms with van der Waals surface area (Å²) >= 11 is 0. The number of carbonyl (C=O) groups excluding carboxylic acids is 2. The molecule has 16 heteroatoms. The molecule has 0 atom stereocenters. The minimum atomic E-state index is -0.474. The molecule has 2 N–H and O–H groups in total. The summed E-state index contributed by atoms with van der Waals surface area (Å²) in [6.45, 7) is 10.3. The molecule has 0 saturated heterocycles. The van der Waals surface area contributed by atoms with Crippen LogP contribution in [0, 0.1) is 0 Å². The van der Waals surface area contributed by atoms with E-state index in [-0.39, 0.29) is 19.1 Å². The smallest absolute Gasteiger partial charge is 0.407 e. The first kappa shape index (κ1) is 49.5. The van der Waals surface area contributed by atoms with Gasteiger partial charge in [-0.15, -0.1) is 0 Å². The highest BCUT2D eigenvalue weighted by molar-refractivity contribution is 5.79. The second-order valence-electron chi connectivity index (χ2n) is 13.4. The Labute approximate surface area is 359 Å². The van der Waals surface area contributed by atoms with Gasteiger partial charge < -0.3 is 67.5 Å². The monoisotopic (exact) mass is 856 g/mol. The zero-order valence-corrected chi connectivity index (χ0v) is 35.3. The SMILES string of the molecule is O=C(NCCOCCOCCOCCOCCOCCOCCOCCOCCOCCOCCNC(=O)OCC1c2ccccc2-c2ccccc21)OCc1ccccc1. The molecule has 1 aliphatic carbocycles. The maximum Gasteiger partial charge on any atom is 0.407 e. The Morgan fingerprint density at radius 1 is 0.377 bits per heavy atom. The molecule has 1 aliphatic rings. The van der Waals surface area contributed by atoms with Gasteiger partial charge in [-0.1, -0.05) is 78.9 Å². The molecule has 2 amide bonds. The van der Waals surface area contributed by atoms with Crippen molar-refractivity contribution in [1.29, 1.82) is 0 Å². The third kappa shape index (κ3) is 22.5. The molecular formula is C45H64N2O14. The summed E-state index contributed by atoms with van der Waals surface area (Å²) in [5.74, 6) is 0.0315.